The molecule has 0 spiro atoms. The second-order valence-electron chi connectivity index (χ2n) is 5.48. The summed E-state index contributed by atoms with van der Waals surface area (Å²) in [5.74, 6) is -2.19. The van der Waals surface area contributed by atoms with E-state index in [2.05, 4.69) is 31.9 Å². The Kier molecular flexibility index (Phi) is 5.34. The maximum absolute atomic E-state index is 10.9. The van der Waals surface area contributed by atoms with E-state index < -0.39 is 11.9 Å². The van der Waals surface area contributed by atoms with E-state index >= 15 is 0 Å². The molecule has 0 aliphatic heterocycles. The number of aromatic carboxylic acids is 2. The first kappa shape index (κ1) is 19.8. The number of hydrogen-bond acceptors (Lipinski definition) is 6. The summed E-state index contributed by atoms with van der Waals surface area (Å²) in [4.78, 5) is 21.5. The van der Waals surface area contributed by atoms with Crippen LogP contribution in [0.1, 0.15) is 20.7 Å². The standard InChI is InChI=1S/C9H4Br2O4.C9H6O4/c10-4-1-5-6(7(11)8(4)12)3(2-15-5)9(13)14;10-5-1-2-8-6(3-5)7(4-13-8)9(11)12/h1-2,12H,(H,13,14);1-4,10H,(H,11,12). The Morgan fingerprint density at radius 1 is 0.857 bits per heavy atom. The first-order chi connectivity index (χ1) is 13.2. The molecule has 0 amide bonds. The van der Waals surface area contributed by atoms with Gasteiger partial charge in [-0.1, -0.05) is 0 Å². The van der Waals surface area contributed by atoms with Crippen molar-refractivity contribution in [3.05, 3.63) is 56.9 Å². The lowest BCUT2D eigenvalue weighted by Crippen LogP contribution is -1.94. The first-order valence-corrected chi connectivity index (χ1v) is 9.04. The Bertz CT molecular complexity index is 1220. The molecule has 0 radical (unpaired) electrons. The van der Waals surface area contributed by atoms with Crippen molar-refractivity contribution in [2.24, 2.45) is 0 Å². The molecule has 10 heteroatoms. The van der Waals surface area contributed by atoms with Gasteiger partial charge in [0.1, 0.15) is 46.3 Å². The number of carboxylic acids is 2. The van der Waals surface area contributed by atoms with Gasteiger partial charge in [0.15, 0.2) is 0 Å². The number of benzene rings is 2. The van der Waals surface area contributed by atoms with E-state index in [0.717, 1.165) is 12.5 Å². The molecular weight excluding hydrogens is 504 g/mol. The van der Waals surface area contributed by atoms with Crippen LogP contribution in [0.5, 0.6) is 11.5 Å². The van der Waals surface area contributed by atoms with Crippen LogP contribution >= 0.6 is 31.9 Å². The highest BCUT2D eigenvalue weighted by Crippen LogP contribution is 2.40. The van der Waals surface area contributed by atoms with Gasteiger partial charge in [-0.2, -0.15) is 0 Å². The zero-order valence-electron chi connectivity index (χ0n) is 13.6. The molecule has 0 fully saturated rings. The Morgan fingerprint density at radius 3 is 2.11 bits per heavy atom. The fourth-order valence-corrected chi connectivity index (χ4v) is 3.75. The van der Waals surface area contributed by atoms with Gasteiger partial charge in [-0.25, -0.2) is 9.59 Å². The number of carboxylic acid groups (broad SMARTS) is 2. The SMILES string of the molecule is O=C(O)c1coc2cc(Br)c(O)c(Br)c12.O=C(O)c1coc2ccc(O)cc12. The largest absolute Gasteiger partial charge is 0.508 e. The van der Waals surface area contributed by atoms with E-state index in [9.17, 15) is 14.7 Å². The molecule has 0 aliphatic carbocycles. The van der Waals surface area contributed by atoms with Gasteiger partial charge < -0.3 is 29.3 Å². The molecule has 144 valence electrons. The molecule has 8 nitrogen and oxygen atoms in total. The smallest absolute Gasteiger partial charge is 0.339 e. The second-order valence-corrected chi connectivity index (χ2v) is 7.13. The van der Waals surface area contributed by atoms with Crippen LogP contribution < -0.4 is 0 Å². The first-order valence-electron chi connectivity index (χ1n) is 7.45. The Labute approximate surface area is 172 Å². The lowest BCUT2D eigenvalue weighted by atomic mass is 10.2. The molecule has 2 aromatic heterocycles. The van der Waals surface area contributed by atoms with Crippen LogP contribution in [0.4, 0.5) is 0 Å². The number of fused-ring (bicyclic) bond motifs is 2. The predicted molar refractivity (Wildman–Crippen MR) is 105 cm³/mol. The summed E-state index contributed by atoms with van der Waals surface area (Å²) in [5.41, 5.74) is 0.921. The van der Waals surface area contributed by atoms with E-state index in [4.69, 9.17) is 24.2 Å². The van der Waals surface area contributed by atoms with Gasteiger partial charge in [-0.05, 0) is 56.1 Å². The van der Waals surface area contributed by atoms with Crippen molar-refractivity contribution in [2.75, 3.05) is 0 Å². The van der Waals surface area contributed by atoms with Gasteiger partial charge in [-0.15, -0.1) is 0 Å². The molecule has 0 atom stereocenters. The van der Waals surface area contributed by atoms with Crippen molar-refractivity contribution in [2.45, 2.75) is 0 Å². The van der Waals surface area contributed by atoms with Crippen molar-refractivity contribution in [3.63, 3.8) is 0 Å². The maximum atomic E-state index is 10.9. The third kappa shape index (κ3) is 3.56. The van der Waals surface area contributed by atoms with Gasteiger partial charge in [0, 0.05) is 5.39 Å². The van der Waals surface area contributed by atoms with E-state index in [-0.39, 0.29) is 22.6 Å². The van der Waals surface area contributed by atoms with Gasteiger partial charge in [0.25, 0.3) is 0 Å². The lowest BCUT2D eigenvalue weighted by molar-refractivity contribution is 0.0687. The third-order valence-corrected chi connectivity index (χ3v) is 5.13. The van der Waals surface area contributed by atoms with E-state index in [1.54, 1.807) is 0 Å². The van der Waals surface area contributed by atoms with Gasteiger partial charge in [0.2, 0.25) is 0 Å². The third-order valence-electron chi connectivity index (χ3n) is 3.75. The van der Waals surface area contributed by atoms with Crippen LogP contribution in [0.2, 0.25) is 0 Å². The molecule has 0 unspecified atom stereocenters. The van der Waals surface area contributed by atoms with E-state index in [0.29, 0.717) is 30.9 Å². The molecular formula is C18H10Br2O8. The summed E-state index contributed by atoms with van der Waals surface area (Å²) in [6.45, 7) is 0. The number of phenols is 2. The van der Waals surface area contributed by atoms with Crippen molar-refractivity contribution in [1.29, 1.82) is 0 Å². The Morgan fingerprint density at radius 2 is 1.46 bits per heavy atom. The number of aromatic hydroxyl groups is 2. The molecule has 0 saturated heterocycles. The average molecular weight is 514 g/mol. The van der Waals surface area contributed by atoms with Crippen LogP contribution in [0.15, 0.2) is 54.6 Å². The van der Waals surface area contributed by atoms with Gasteiger partial charge in [0.05, 0.1) is 14.3 Å². The van der Waals surface area contributed by atoms with E-state index in [1.165, 1.54) is 24.3 Å². The predicted octanol–water partition coefficient (Wildman–Crippen LogP) is 5.20. The molecule has 28 heavy (non-hydrogen) atoms. The molecule has 0 bridgehead atoms. The van der Waals surface area contributed by atoms with E-state index in [1.807, 2.05) is 0 Å². The number of furan rings is 2. The van der Waals surface area contributed by atoms with Crippen LogP contribution in [-0.2, 0) is 0 Å². The summed E-state index contributed by atoms with van der Waals surface area (Å²) >= 11 is 6.25. The normalized spacial score (nSPS) is 10.6. The average Bonchev–Trinajstić information content (AvgIpc) is 3.24. The fraction of sp³-hybridized carbons (Fsp3) is 0. The highest BCUT2D eigenvalue weighted by molar-refractivity contribution is 9.11. The van der Waals surface area contributed by atoms with Crippen LogP contribution in [-0.4, -0.2) is 32.4 Å². The van der Waals surface area contributed by atoms with Crippen molar-refractivity contribution < 1.29 is 38.8 Å². The second kappa shape index (κ2) is 7.56. The molecule has 4 rings (SSSR count). The summed E-state index contributed by atoms with van der Waals surface area (Å²) in [6.07, 6.45) is 2.30. The number of hydrogen-bond donors (Lipinski definition) is 4. The minimum absolute atomic E-state index is 0.0136. The summed E-state index contributed by atoms with van der Waals surface area (Å²) in [6, 6.07) is 5.85. The zero-order chi connectivity index (χ0) is 20.6. The highest BCUT2D eigenvalue weighted by atomic mass is 79.9. The molecule has 2 aromatic carbocycles. The van der Waals surface area contributed by atoms with Crippen LogP contribution in [0, 0.1) is 0 Å². The fourth-order valence-electron chi connectivity index (χ4n) is 2.45. The van der Waals surface area contributed by atoms with Gasteiger partial charge in [-0.3, -0.25) is 0 Å². The van der Waals surface area contributed by atoms with Gasteiger partial charge >= 0.3 is 11.9 Å². The number of halogens is 2. The number of rotatable bonds is 2. The summed E-state index contributed by atoms with van der Waals surface area (Å²) in [5, 5.41) is 37.1. The number of phenolic OH excluding ortho intramolecular Hbond substituents is 2. The molecule has 0 aliphatic rings. The van der Waals surface area contributed by atoms with Crippen LogP contribution in [0.3, 0.4) is 0 Å². The van der Waals surface area contributed by atoms with Crippen molar-refractivity contribution in [3.8, 4) is 11.5 Å². The van der Waals surface area contributed by atoms with Crippen LogP contribution in [0.25, 0.3) is 21.9 Å². The molecule has 2 heterocycles. The minimum atomic E-state index is -1.10. The molecule has 4 N–H and O–H groups in total. The zero-order valence-corrected chi connectivity index (χ0v) is 16.8. The quantitative estimate of drug-likeness (QED) is 0.286. The monoisotopic (exact) mass is 512 g/mol. The highest BCUT2D eigenvalue weighted by Gasteiger charge is 2.19. The topological polar surface area (TPSA) is 141 Å². The lowest BCUT2D eigenvalue weighted by Gasteiger charge is -2.01. The van der Waals surface area contributed by atoms with Crippen molar-refractivity contribution in [1.82, 2.24) is 0 Å². The summed E-state index contributed by atoms with van der Waals surface area (Å²) in [7, 11) is 0. The minimum Gasteiger partial charge on any atom is -0.508 e. The maximum Gasteiger partial charge on any atom is 0.339 e. The molecule has 0 saturated carbocycles. The van der Waals surface area contributed by atoms with Crippen molar-refractivity contribution >= 4 is 65.7 Å². The Balaban J connectivity index is 0.000000162. The number of carbonyl (C=O) groups is 2. The summed E-state index contributed by atoms with van der Waals surface area (Å²) < 4.78 is 10.8. The molecule has 4 aromatic rings. The Hall–Kier alpha value is -2.98.